The summed E-state index contributed by atoms with van der Waals surface area (Å²) in [7, 11) is 8.40. The fourth-order valence-corrected chi connectivity index (χ4v) is 2.96. The van der Waals surface area contributed by atoms with Crippen LogP contribution in [0, 0.1) is 0 Å². The lowest BCUT2D eigenvalue weighted by Gasteiger charge is -2.17. The number of hydrogen-bond acceptors (Lipinski definition) is 12. The van der Waals surface area contributed by atoms with Crippen molar-refractivity contribution in [2.45, 2.75) is 19.6 Å². The van der Waals surface area contributed by atoms with E-state index >= 15 is 0 Å². The first kappa shape index (κ1) is 27.3. The molecule has 192 valence electrons. The lowest BCUT2D eigenvalue weighted by molar-refractivity contribution is -0.420. The molecular weight excluding hydrogens is 468 g/mol. The topological polar surface area (TPSA) is 126 Å². The van der Waals surface area contributed by atoms with Crippen LogP contribution in [0.15, 0.2) is 24.3 Å². The second kappa shape index (κ2) is 13.1. The van der Waals surface area contributed by atoms with Gasteiger partial charge >= 0.3 is 11.9 Å². The summed E-state index contributed by atoms with van der Waals surface area (Å²) in [5.74, 6) is -0.530. The monoisotopic (exact) mass is 496 g/mol. The van der Waals surface area contributed by atoms with Crippen LogP contribution in [0.5, 0.6) is 34.5 Å². The molecule has 0 atom stereocenters. The highest BCUT2D eigenvalue weighted by atomic mass is 17.3. The number of benzene rings is 2. The van der Waals surface area contributed by atoms with E-state index in [0.29, 0.717) is 11.5 Å². The molecule has 0 spiro atoms. The molecule has 0 radical (unpaired) electrons. The highest BCUT2D eigenvalue weighted by Gasteiger charge is 2.26. The van der Waals surface area contributed by atoms with Gasteiger partial charge < -0.3 is 28.4 Å². The lowest BCUT2D eigenvalue weighted by Crippen LogP contribution is -2.22. The van der Waals surface area contributed by atoms with Gasteiger partial charge in [-0.05, 0) is 24.3 Å². The average molecular weight is 496 g/mol. The Kier molecular flexibility index (Phi) is 10.2. The fourth-order valence-electron chi connectivity index (χ4n) is 2.96. The van der Waals surface area contributed by atoms with Crippen LogP contribution in [0.2, 0.25) is 0 Å². The maximum absolute atomic E-state index is 12.6. The molecule has 0 aliphatic carbocycles. The van der Waals surface area contributed by atoms with Gasteiger partial charge in [-0.3, -0.25) is 9.78 Å². The summed E-state index contributed by atoms with van der Waals surface area (Å²) in [6.07, 6.45) is -1.08. The molecule has 12 nitrogen and oxygen atoms in total. The highest BCUT2D eigenvalue weighted by Crippen LogP contribution is 2.41. The zero-order chi connectivity index (χ0) is 26.0. The van der Waals surface area contributed by atoms with Crippen LogP contribution >= 0.6 is 0 Å². The molecule has 0 aromatic heterocycles. The molecule has 0 aliphatic heterocycles. The van der Waals surface area contributed by atoms with Gasteiger partial charge in [-0.1, -0.05) is 6.92 Å². The second-order valence-corrected chi connectivity index (χ2v) is 6.54. The Morgan fingerprint density at radius 2 is 0.971 bits per heavy atom. The minimum atomic E-state index is -1.24. The number of hydrogen-bond donors (Lipinski definition) is 0. The van der Waals surface area contributed by atoms with Crippen molar-refractivity contribution in [3.63, 3.8) is 0 Å². The summed E-state index contributed by atoms with van der Waals surface area (Å²) in [4.78, 5) is 44.8. The lowest BCUT2D eigenvalue weighted by atomic mass is 10.1. The zero-order valence-electron chi connectivity index (χ0n) is 20.5. The maximum atomic E-state index is 12.6. The smallest absolute Gasteiger partial charge is 0.377 e. The van der Waals surface area contributed by atoms with Crippen molar-refractivity contribution in [2.24, 2.45) is 0 Å². The van der Waals surface area contributed by atoms with Gasteiger partial charge in [-0.2, -0.15) is 0 Å². The molecule has 0 amide bonds. The zero-order valence-corrected chi connectivity index (χ0v) is 20.5. The SMILES string of the molecule is CCC(OOC(=O)c1ccc(OC)c(OC)c1OC)OOC(=O)c1ccc(OC)c(OC)c1OC. The predicted molar refractivity (Wildman–Crippen MR) is 119 cm³/mol. The summed E-state index contributed by atoms with van der Waals surface area (Å²) in [5, 5.41) is 0. The van der Waals surface area contributed by atoms with Crippen molar-refractivity contribution in [1.82, 2.24) is 0 Å². The molecule has 0 N–H and O–H groups in total. The number of methoxy groups -OCH3 is 6. The van der Waals surface area contributed by atoms with Crippen molar-refractivity contribution in [3.05, 3.63) is 35.4 Å². The summed E-state index contributed by atoms with van der Waals surface area (Å²) < 4.78 is 31.4. The van der Waals surface area contributed by atoms with Gasteiger partial charge in [-0.25, -0.2) is 9.59 Å². The Morgan fingerprint density at radius 1 is 0.600 bits per heavy atom. The minimum absolute atomic E-state index is 0.00654. The number of rotatable bonds is 13. The summed E-state index contributed by atoms with van der Waals surface area (Å²) in [5.41, 5.74) is 0.0131. The van der Waals surface area contributed by atoms with Gasteiger partial charge in [0.05, 0.1) is 42.7 Å². The van der Waals surface area contributed by atoms with Crippen molar-refractivity contribution < 1.29 is 57.6 Å². The van der Waals surface area contributed by atoms with Gasteiger partial charge in [0.15, 0.2) is 23.0 Å². The molecule has 2 aromatic rings. The standard InChI is InChI=1S/C23H28O12/c1-8-17(32-34-22(24)13-9-11-15(26-2)20(30-6)18(13)28-4)33-35-23(25)14-10-12-16(27-3)21(31-7)19(14)29-5/h9-12,17H,8H2,1-7H3. The van der Waals surface area contributed by atoms with Crippen LogP contribution in [0.1, 0.15) is 34.1 Å². The Hall–Kier alpha value is -3.90. The molecule has 0 saturated carbocycles. The minimum Gasteiger partial charge on any atom is -0.493 e. The van der Waals surface area contributed by atoms with E-state index in [4.69, 9.17) is 48.0 Å². The fraction of sp³-hybridized carbons (Fsp3) is 0.391. The Balaban J connectivity index is 2.08. The Bertz CT molecular complexity index is 941. The van der Waals surface area contributed by atoms with Crippen LogP contribution in [0.4, 0.5) is 0 Å². The highest BCUT2D eigenvalue weighted by molar-refractivity contribution is 5.94. The largest absolute Gasteiger partial charge is 0.493 e. The van der Waals surface area contributed by atoms with E-state index in [1.54, 1.807) is 6.92 Å². The van der Waals surface area contributed by atoms with E-state index < -0.39 is 18.2 Å². The first-order valence-electron chi connectivity index (χ1n) is 10.2. The number of carbonyl (C=O) groups is 2. The molecule has 0 aliphatic rings. The van der Waals surface area contributed by atoms with E-state index in [2.05, 4.69) is 0 Å². The molecule has 2 rings (SSSR count). The van der Waals surface area contributed by atoms with E-state index in [1.807, 2.05) is 0 Å². The first-order chi connectivity index (χ1) is 16.9. The van der Waals surface area contributed by atoms with Gasteiger partial charge in [0.25, 0.3) is 0 Å². The molecule has 0 heterocycles. The maximum Gasteiger partial charge on any atom is 0.377 e. The Labute approximate surface area is 202 Å². The van der Waals surface area contributed by atoms with Crippen molar-refractivity contribution >= 4 is 11.9 Å². The van der Waals surface area contributed by atoms with Gasteiger partial charge in [-0.15, -0.1) is 9.78 Å². The summed E-state index contributed by atoms with van der Waals surface area (Å²) >= 11 is 0. The van der Waals surface area contributed by atoms with Gasteiger partial charge in [0.1, 0.15) is 11.1 Å². The molecule has 0 saturated heterocycles. The summed E-state index contributed by atoms with van der Waals surface area (Å²) in [6.45, 7) is 1.65. The third-order valence-electron chi connectivity index (χ3n) is 4.64. The van der Waals surface area contributed by atoms with Crippen molar-refractivity contribution in [3.8, 4) is 34.5 Å². The van der Waals surface area contributed by atoms with E-state index in [9.17, 15) is 9.59 Å². The second-order valence-electron chi connectivity index (χ2n) is 6.54. The third-order valence-corrected chi connectivity index (χ3v) is 4.64. The molecule has 0 unspecified atom stereocenters. The van der Waals surface area contributed by atoms with E-state index in [0.717, 1.165) is 0 Å². The first-order valence-corrected chi connectivity index (χ1v) is 10.2. The van der Waals surface area contributed by atoms with Gasteiger partial charge in [0.2, 0.25) is 17.8 Å². The van der Waals surface area contributed by atoms with Crippen molar-refractivity contribution in [1.29, 1.82) is 0 Å². The molecule has 2 aromatic carbocycles. The molecule has 0 fully saturated rings. The quantitative estimate of drug-likeness (QED) is 0.229. The third kappa shape index (κ3) is 6.16. The Morgan fingerprint density at radius 3 is 1.26 bits per heavy atom. The number of carbonyl (C=O) groups excluding carboxylic acids is 2. The van der Waals surface area contributed by atoms with Crippen molar-refractivity contribution in [2.75, 3.05) is 42.7 Å². The van der Waals surface area contributed by atoms with Crippen LogP contribution in [0.25, 0.3) is 0 Å². The van der Waals surface area contributed by atoms with E-state index in [-0.39, 0.29) is 40.5 Å². The molecule has 12 heteroatoms. The molecular formula is C23H28O12. The average Bonchev–Trinajstić information content (AvgIpc) is 2.90. The van der Waals surface area contributed by atoms with Crippen LogP contribution in [-0.2, 0) is 19.6 Å². The van der Waals surface area contributed by atoms with E-state index in [1.165, 1.54) is 66.9 Å². The van der Waals surface area contributed by atoms with Crippen LogP contribution < -0.4 is 28.4 Å². The normalized spacial score (nSPS) is 10.4. The van der Waals surface area contributed by atoms with Crippen LogP contribution in [0.3, 0.4) is 0 Å². The van der Waals surface area contributed by atoms with Gasteiger partial charge in [0, 0.05) is 6.42 Å². The molecule has 0 bridgehead atoms. The number of ether oxygens (including phenoxy) is 6. The predicted octanol–water partition coefficient (Wildman–Crippen LogP) is 3.35. The van der Waals surface area contributed by atoms with Crippen LogP contribution in [-0.4, -0.2) is 60.9 Å². The summed E-state index contributed by atoms with van der Waals surface area (Å²) in [6, 6.07) is 5.84. The molecule has 35 heavy (non-hydrogen) atoms.